The van der Waals surface area contributed by atoms with Crippen LogP contribution in [0.4, 0.5) is 13.2 Å². The Kier molecular flexibility index (Phi) is 6.59. The molecule has 2 heterocycles. The predicted molar refractivity (Wildman–Crippen MR) is 99.0 cm³/mol. The van der Waals surface area contributed by atoms with Crippen molar-refractivity contribution in [3.8, 4) is 16.9 Å². The highest BCUT2D eigenvalue weighted by molar-refractivity contribution is 5.87. The molecule has 29 heavy (non-hydrogen) atoms. The van der Waals surface area contributed by atoms with Gasteiger partial charge in [-0.1, -0.05) is 0 Å². The summed E-state index contributed by atoms with van der Waals surface area (Å²) in [4.78, 5) is 11.6. The first kappa shape index (κ1) is 21.3. The first-order valence-corrected chi connectivity index (χ1v) is 9.35. The van der Waals surface area contributed by atoms with E-state index in [0.717, 1.165) is 31.4 Å². The first-order chi connectivity index (χ1) is 13.8. The number of aromatic nitrogens is 2. The Balaban J connectivity index is 2.07. The van der Waals surface area contributed by atoms with Crippen molar-refractivity contribution >= 4 is 6.29 Å². The zero-order chi connectivity index (χ0) is 21.0. The summed E-state index contributed by atoms with van der Waals surface area (Å²) in [7, 11) is 1.47. The fourth-order valence-corrected chi connectivity index (χ4v) is 3.41. The van der Waals surface area contributed by atoms with E-state index in [1.165, 1.54) is 13.2 Å². The first-order valence-electron chi connectivity index (χ1n) is 9.35. The molecule has 1 aliphatic heterocycles. The molecule has 0 unspecified atom stereocenters. The van der Waals surface area contributed by atoms with Gasteiger partial charge >= 0.3 is 6.18 Å². The van der Waals surface area contributed by atoms with Crippen molar-refractivity contribution in [2.75, 3.05) is 26.9 Å². The van der Waals surface area contributed by atoms with Crippen LogP contribution in [0.15, 0.2) is 18.2 Å². The number of ether oxygens (including phenoxy) is 3. The molecule has 0 radical (unpaired) electrons. The summed E-state index contributed by atoms with van der Waals surface area (Å²) in [5, 5.41) is 4.31. The summed E-state index contributed by atoms with van der Waals surface area (Å²) in [5.41, 5.74) is 0.339. The maximum Gasteiger partial charge on any atom is 0.416 e. The number of halogens is 3. The van der Waals surface area contributed by atoms with E-state index in [2.05, 4.69) is 5.10 Å². The molecule has 1 saturated heterocycles. The van der Waals surface area contributed by atoms with Gasteiger partial charge in [-0.2, -0.15) is 18.3 Å². The minimum atomic E-state index is -4.56. The molecule has 0 N–H and O–H groups in total. The Morgan fingerprint density at radius 3 is 2.69 bits per heavy atom. The van der Waals surface area contributed by atoms with Gasteiger partial charge in [-0.05, 0) is 49.9 Å². The van der Waals surface area contributed by atoms with Crippen LogP contribution in [0, 0.1) is 6.92 Å². The van der Waals surface area contributed by atoms with Crippen LogP contribution in [0.5, 0.6) is 5.75 Å². The van der Waals surface area contributed by atoms with Crippen molar-refractivity contribution in [2.24, 2.45) is 0 Å². The summed E-state index contributed by atoms with van der Waals surface area (Å²) in [5.74, 6) is 0.0461. The third-order valence-corrected chi connectivity index (χ3v) is 4.80. The van der Waals surface area contributed by atoms with Gasteiger partial charge in [-0.3, -0.25) is 4.79 Å². The molecule has 6 nitrogen and oxygen atoms in total. The highest BCUT2D eigenvalue weighted by atomic mass is 19.4. The van der Waals surface area contributed by atoms with Crippen molar-refractivity contribution in [2.45, 2.75) is 38.6 Å². The molecular weight excluding hydrogens is 389 g/mol. The van der Waals surface area contributed by atoms with Gasteiger partial charge in [0, 0.05) is 25.0 Å². The summed E-state index contributed by atoms with van der Waals surface area (Å²) >= 11 is 0. The molecule has 1 atom stereocenters. The highest BCUT2D eigenvalue weighted by Gasteiger charge is 2.32. The van der Waals surface area contributed by atoms with Crippen molar-refractivity contribution in [3.63, 3.8) is 0 Å². The number of methoxy groups -OCH3 is 1. The molecule has 2 aromatic rings. The van der Waals surface area contributed by atoms with Gasteiger partial charge in [0.1, 0.15) is 24.3 Å². The standard InChI is InChI=1S/C20H23F3N2O4/c1-13-19(17(12-26)24-25(13)18-5-3-4-6-29-18)14-9-15(20(21,22)23)11-16(10-14)28-8-7-27-2/h9-12,18H,3-8H2,1-2H3/t18-/m1/s1. The minimum absolute atomic E-state index is 0.0461. The van der Waals surface area contributed by atoms with E-state index in [9.17, 15) is 18.0 Å². The molecule has 1 aromatic carbocycles. The van der Waals surface area contributed by atoms with Crippen LogP contribution in [-0.2, 0) is 15.7 Å². The average Bonchev–Trinajstić information content (AvgIpc) is 3.04. The smallest absolute Gasteiger partial charge is 0.416 e. The number of carbonyl (C=O) groups is 1. The van der Waals surface area contributed by atoms with E-state index in [1.807, 2.05) is 0 Å². The lowest BCUT2D eigenvalue weighted by atomic mass is 10.0. The fraction of sp³-hybridized carbons (Fsp3) is 0.500. The highest BCUT2D eigenvalue weighted by Crippen LogP contribution is 2.38. The van der Waals surface area contributed by atoms with E-state index in [-0.39, 0.29) is 36.4 Å². The van der Waals surface area contributed by atoms with Gasteiger partial charge < -0.3 is 14.2 Å². The monoisotopic (exact) mass is 412 g/mol. The molecule has 9 heteroatoms. The third kappa shape index (κ3) is 4.79. The van der Waals surface area contributed by atoms with Crippen molar-refractivity contribution in [1.29, 1.82) is 0 Å². The van der Waals surface area contributed by atoms with E-state index in [1.54, 1.807) is 11.6 Å². The van der Waals surface area contributed by atoms with Gasteiger partial charge in [-0.15, -0.1) is 0 Å². The van der Waals surface area contributed by atoms with Gasteiger partial charge in [0.05, 0.1) is 12.2 Å². The Labute approximate surface area is 166 Å². The van der Waals surface area contributed by atoms with Gasteiger partial charge in [0.25, 0.3) is 0 Å². The summed E-state index contributed by atoms with van der Waals surface area (Å²) in [6.45, 7) is 2.64. The van der Waals surface area contributed by atoms with Crippen LogP contribution >= 0.6 is 0 Å². The normalized spacial score (nSPS) is 17.3. The lowest BCUT2D eigenvalue weighted by molar-refractivity contribution is -0.137. The maximum atomic E-state index is 13.4. The second-order valence-electron chi connectivity index (χ2n) is 6.81. The van der Waals surface area contributed by atoms with Crippen LogP contribution < -0.4 is 4.74 Å². The van der Waals surface area contributed by atoms with Crippen LogP contribution in [0.25, 0.3) is 11.1 Å². The number of rotatable bonds is 7. The molecule has 1 fully saturated rings. The molecule has 0 spiro atoms. The maximum absolute atomic E-state index is 13.4. The third-order valence-electron chi connectivity index (χ3n) is 4.80. The topological polar surface area (TPSA) is 62.6 Å². The largest absolute Gasteiger partial charge is 0.491 e. The number of benzene rings is 1. The van der Waals surface area contributed by atoms with Crippen LogP contribution in [-0.4, -0.2) is 43.0 Å². The molecule has 0 saturated carbocycles. The Hall–Kier alpha value is -2.39. The molecule has 1 aliphatic rings. The molecule has 3 rings (SSSR count). The lowest BCUT2D eigenvalue weighted by Crippen LogP contribution is -2.20. The van der Waals surface area contributed by atoms with E-state index < -0.39 is 11.7 Å². The molecule has 0 bridgehead atoms. The van der Waals surface area contributed by atoms with Crippen LogP contribution in [0.2, 0.25) is 0 Å². The SMILES string of the molecule is COCCOc1cc(-c2c(C=O)nn([C@H]3CCCCO3)c2C)cc(C(F)(F)F)c1. The summed E-state index contributed by atoms with van der Waals surface area (Å²) in [6.07, 6.45) is -1.72. The summed E-state index contributed by atoms with van der Waals surface area (Å²) in [6, 6.07) is 3.42. The molecule has 1 aromatic heterocycles. The second-order valence-corrected chi connectivity index (χ2v) is 6.81. The second kappa shape index (κ2) is 8.96. The van der Waals surface area contributed by atoms with Gasteiger partial charge in [0.2, 0.25) is 0 Å². The van der Waals surface area contributed by atoms with Crippen molar-refractivity contribution in [1.82, 2.24) is 9.78 Å². The lowest BCUT2D eigenvalue weighted by Gasteiger charge is -2.24. The molecular formula is C20H23F3N2O4. The molecule has 0 aliphatic carbocycles. The number of aldehydes is 1. The van der Waals surface area contributed by atoms with Gasteiger partial charge in [-0.25, -0.2) is 4.68 Å². The zero-order valence-electron chi connectivity index (χ0n) is 16.3. The van der Waals surface area contributed by atoms with E-state index >= 15 is 0 Å². The number of nitrogens with zero attached hydrogens (tertiary/aromatic N) is 2. The van der Waals surface area contributed by atoms with Crippen LogP contribution in [0.1, 0.15) is 47.2 Å². The van der Waals surface area contributed by atoms with Crippen molar-refractivity contribution < 1.29 is 32.2 Å². The fourth-order valence-electron chi connectivity index (χ4n) is 3.41. The zero-order valence-corrected chi connectivity index (χ0v) is 16.3. The number of alkyl halides is 3. The summed E-state index contributed by atoms with van der Waals surface area (Å²) < 4.78 is 57.9. The number of hydrogen-bond acceptors (Lipinski definition) is 5. The average molecular weight is 412 g/mol. The van der Waals surface area contributed by atoms with Crippen molar-refractivity contribution in [3.05, 3.63) is 35.2 Å². The predicted octanol–water partition coefficient (Wildman–Crippen LogP) is 4.41. The number of hydrogen-bond donors (Lipinski definition) is 0. The Morgan fingerprint density at radius 2 is 2.07 bits per heavy atom. The molecule has 0 amide bonds. The van der Waals surface area contributed by atoms with Gasteiger partial charge in [0.15, 0.2) is 6.29 Å². The van der Waals surface area contributed by atoms with E-state index in [0.29, 0.717) is 24.2 Å². The van der Waals surface area contributed by atoms with E-state index in [4.69, 9.17) is 14.2 Å². The minimum Gasteiger partial charge on any atom is -0.491 e. The Morgan fingerprint density at radius 1 is 1.28 bits per heavy atom. The molecule has 158 valence electrons. The quantitative estimate of drug-likeness (QED) is 0.498. The van der Waals surface area contributed by atoms with Crippen LogP contribution in [0.3, 0.4) is 0 Å². The number of carbonyl (C=O) groups excluding carboxylic acids is 1. The Bertz CT molecular complexity index is 858.